The summed E-state index contributed by atoms with van der Waals surface area (Å²) in [6, 6.07) is 36.6. The summed E-state index contributed by atoms with van der Waals surface area (Å²) in [5.74, 6) is 1.18. The lowest BCUT2D eigenvalue weighted by Gasteiger charge is -2.38. The standard InChI is InChI=1S/C37H27N3/c1-37(24-28-12-5-6-14-30(28)31-15-7-8-16-32(31)37)29-20-17-27(18-21-29)36-39-34(25-10-3-2-4-11-25)33-22-19-26-13-9-23-38-35(26)40(33)36/h2-24,32H,1H3. The summed E-state index contributed by atoms with van der Waals surface area (Å²) in [6.45, 7) is 2.36. The molecule has 2 aliphatic carbocycles. The molecule has 2 atom stereocenters. The summed E-state index contributed by atoms with van der Waals surface area (Å²) in [6.07, 6.45) is 13.3. The Kier molecular flexibility index (Phi) is 5.02. The van der Waals surface area contributed by atoms with Gasteiger partial charge in [-0.2, -0.15) is 0 Å². The van der Waals surface area contributed by atoms with E-state index in [2.05, 4.69) is 133 Å². The zero-order chi connectivity index (χ0) is 26.7. The van der Waals surface area contributed by atoms with E-state index in [0.29, 0.717) is 0 Å². The molecule has 3 aromatic heterocycles. The molecule has 0 radical (unpaired) electrons. The predicted molar refractivity (Wildman–Crippen MR) is 164 cm³/mol. The normalized spacial score (nSPS) is 19.4. The van der Waals surface area contributed by atoms with Gasteiger partial charge in [-0.25, -0.2) is 9.97 Å². The van der Waals surface area contributed by atoms with E-state index in [9.17, 15) is 0 Å². The van der Waals surface area contributed by atoms with Crippen molar-refractivity contribution in [3.8, 4) is 22.6 Å². The summed E-state index contributed by atoms with van der Waals surface area (Å²) in [4.78, 5) is 10.00. The molecule has 0 aliphatic heterocycles. The Labute approximate surface area is 232 Å². The molecule has 3 nitrogen and oxygen atoms in total. The van der Waals surface area contributed by atoms with Gasteiger partial charge in [-0.3, -0.25) is 4.40 Å². The molecular weight excluding hydrogens is 486 g/mol. The lowest BCUT2D eigenvalue weighted by Crippen LogP contribution is -2.43. The van der Waals surface area contributed by atoms with Gasteiger partial charge in [-0.05, 0) is 45.8 Å². The number of rotatable bonds is 3. The second-order valence-electron chi connectivity index (χ2n) is 10.9. The van der Waals surface area contributed by atoms with Crippen molar-refractivity contribution < 1.29 is 0 Å². The van der Waals surface area contributed by atoms with Crippen LogP contribution in [0.15, 0.2) is 134 Å². The molecule has 3 heteroatoms. The minimum Gasteiger partial charge on any atom is -0.276 e. The third-order valence-electron chi connectivity index (χ3n) is 8.57. The molecule has 2 aliphatic rings. The van der Waals surface area contributed by atoms with Gasteiger partial charge in [-0.1, -0.05) is 116 Å². The SMILES string of the molecule is CC1(c2ccc(-c3nc(-c4ccccc4)c4ccc5cccnc5n34)cc2)C=c2ccccc2=C2C=CC=CC21. The Balaban J connectivity index is 1.31. The van der Waals surface area contributed by atoms with Crippen LogP contribution in [0.4, 0.5) is 0 Å². The highest BCUT2D eigenvalue weighted by molar-refractivity contribution is 5.89. The van der Waals surface area contributed by atoms with E-state index in [1.165, 1.54) is 21.6 Å². The van der Waals surface area contributed by atoms with Gasteiger partial charge in [0.25, 0.3) is 0 Å². The van der Waals surface area contributed by atoms with Gasteiger partial charge in [0.1, 0.15) is 11.5 Å². The fraction of sp³-hybridized carbons (Fsp3) is 0.0811. The number of imidazole rings is 1. The minimum atomic E-state index is -0.165. The third kappa shape index (κ3) is 3.37. The molecule has 0 saturated carbocycles. The second-order valence-corrected chi connectivity index (χ2v) is 10.9. The highest BCUT2D eigenvalue weighted by atomic mass is 15.1. The zero-order valence-corrected chi connectivity index (χ0v) is 22.2. The number of pyridine rings is 2. The van der Waals surface area contributed by atoms with Crippen molar-refractivity contribution in [2.24, 2.45) is 5.92 Å². The molecule has 2 unspecified atom stereocenters. The molecule has 3 aromatic carbocycles. The topological polar surface area (TPSA) is 30.2 Å². The molecule has 3 heterocycles. The molecule has 40 heavy (non-hydrogen) atoms. The van der Waals surface area contributed by atoms with Gasteiger partial charge in [0.05, 0.1) is 11.2 Å². The van der Waals surface area contributed by atoms with Crippen LogP contribution in [0, 0.1) is 5.92 Å². The van der Waals surface area contributed by atoms with E-state index in [1.54, 1.807) is 0 Å². The van der Waals surface area contributed by atoms with Crippen molar-refractivity contribution in [2.75, 3.05) is 0 Å². The molecule has 8 rings (SSSR count). The number of nitrogens with zero attached hydrogens (tertiary/aromatic N) is 3. The minimum absolute atomic E-state index is 0.165. The highest BCUT2D eigenvalue weighted by Crippen LogP contribution is 2.43. The number of hydrogen-bond donors (Lipinski definition) is 0. The highest BCUT2D eigenvalue weighted by Gasteiger charge is 2.37. The maximum Gasteiger partial charge on any atom is 0.146 e. The lowest BCUT2D eigenvalue weighted by molar-refractivity contribution is 0.539. The van der Waals surface area contributed by atoms with E-state index >= 15 is 0 Å². The monoisotopic (exact) mass is 513 g/mol. The first-order valence-corrected chi connectivity index (χ1v) is 13.8. The van der Waals surface area contributed by atoms with E-state index in [-0.39, 0.29) is 11.3 Å². The van der Waals surface area contributed by atoms with Gasteiger partial charge in [0, 0.05) is 34.0 Å². The Hall–Kier alpha value is -5.02. The largest absolute Gasteiger partial charge is 0.276 e. The van der Waals surface area contributed by atoms with Crippen molar-refractivity contribution in [3.63, 3.8) is 0 Å². The third-order valence-corrected chi connectivity index (χ3v) is 8.57. The number of allylic oxidation sites excluding steroid dienone is 4. The van der Waals surface area contributed by atoms with E-state index < -0.39 is 0 Å². The molecule has 0 spiro atoms. The van der Waals surface area contributed by atoms with Crippen LogP contribution in [-0.4, -0.2) is 14.4 Å². The zero-order valence-electron chi connectivity index (χ0n) is 22.2. The maximum atomic E-state index is 5.23. The van der Waals surface area contributed by atoms with E-state index in [1.807, 2.05) is 18.3 Å². The fourth-order valence-electron chi connectivity index (χ4n) is 6.56. The van der Waals surface area contributed by atoms with Crippen LogP contribution in [0.1, 0.15) is 12.5 Å². The average Bonchev–Trinajstić information content (AvgIpc) is 3.42. The second kappa shape index (κ2) is 8.75. The summed E-state index contributed by atoms with van der Waals surface area (Å²) < 4.78 is 2.21. The van der Waals surface area contributed by atoms with Crippen molar-refractivity contribution >= 4 is 28.2 Å². The van der Waals surface area contributed by atoms with Gasteiger partial charge < -0.3 is 0 Å². The Morgan fingerprint density at radius 1 is 0.750 bits per heavy atom. The van der Waals surface area contributed by atoms with E-state index in [0.717, 1.165) is 39.2 Å². The number of fused-ring (bicyclic) bond motifs is 5. The molecule has 0 amide bonds. The first-order chi connectivity index (χ1) is 19.7. The molecule has 0 fully saturated rings. The van der Waals surface area contributed by atoms with Crippen molar-refractivity contribution in [1.29, 1.82) is 0 Å². The van der Waals surface area contributed by atoms with Gasteiger partial charge in [-0.15, -0.1) is 0 Å². The number of hydrogen-bond acceptors (Lipinski definition) is 2. The van der Waals surface area contributed by atoms with Crippen LogP contribution in [-0.2, 0) is 5.41 Å². The van der Waals surface area contributed by atoms with Gasteiger partial charge >= 0.3 is 0 Å². The summed E-state index contributed by atoms with van der Waals surface area (Å²) in [5.41, 5.74) is 7.62. The first kappa shape index (κ1) is 22.9. The molecule has 0 bridgehead atoms. The summed E-state index contributed by atoms with van der Waals surface area (Å²) in [5, 5.41) is 3.72. The Morgan fingerprint density at radius 2 is 1.57 bits per heavy atom. The van der Waals surface area contributed by atoms with Crippen LogP contribution in [0.5, 0.6) is 0 Å². The molecule has 0 N–H and O–H groups in total. The van der Waals surface area contributed by atoms with Crippen LogP contribution in [0.2, 0.25) is 0 Å². The molecular formula is C37H27N3. The average molecular weight is 514 g/mol. The Bertz CT molecular complexity index is 2110. The van der Waals surface area contributed by atoms with Crippen molar-refractivity contribution in [3.05, 3.63) is 150 Å². The quantitative estimate of drug-likeness (QED) is 0.259. The van der Waals surface area contributed by atoms with Crippen molar-refractivity contribution in [2.45, 2.75) is 12.3 Å². The molecule has 6 aromatic rings. The predicted octanol–water partition coefficient (Wildman–Crippen LogP) is 6.86. The van der Waals surface area contributed by atoms with Crippen LogP contribution in [0.25, 0.3) is 50.8 Å². The van der Waals surface area contributed by atoms with Crippen molar-refractivity contribution in [1.82, 2.24) is 14.4 Å². The fourth-order valence-corrected chi connectivity index (χ4v) is 6.56. The maximum absolute atomic E-state index is 5.23. The summed E-state index contributed by atoms with van der Waals surface area (Å²) >= 11 is 0. The smallest absolute Gasteiger partial charge is 0.146 e. The lowest BCUT2D eigenvalue weighted by atomic mass is 9.64. The van der Waals surface area contributed by atoms with Crippen LogP contribution < -0.4 is 10.4 Å². The summed E-state index contributed by atoms with van der Waals surface area (Å²) in [7, 11) is 0. The van der Waals surface area contributed by atoms with Gasteiger partial charge in [0.2, 0.25) is 0 Å². The van der Waals surface area contributed by atoms with Gasteiger partial charge in [0.15, 0.2) is 0 Å². The first-order valence-electron chi connectivity index (χ1n) is 13.8. The number of aromatic nitrogens is 3. The van der Waals surface area contributed by atoms with Crippen LogP contribution >= 0.6 is 0 Å². The van der Waals surface area contributed by atoms with E-state index in [4.69, 9.17) is 9.97 Å². The molecule has 190 valence electrons. The van der Waals surface area contributed by atoms with Crippen LogP contribution in [0.3, 0.4) is 0 Å². The Morgan fingerprint density at radius 3 is 2.45 bits per heavy atom. The number of benzene rings is 3. The molecule has 0 saturated heterocycles.